The van der Waals surface area contributed by atoms with Gasteiger partial charge in [-0.1, -0.05) is 26.8 Å². The largest absolute Gasteiger partial charge is 0.495 e. The molecule has 0 saturated heterocycles. The van der Waals surface area contributed by atoms with Gasteiger partial charge in [0.15, 0.2) is 9.84 Å². The lowest BCUT2D eigenvalue weighted by molar-refractivity contribution is 0.402. The molecule has 0 atom stereocenters. The van der Waals surface area contributed by atoms with Crippen LogP contribution in [0.5, 0.6) is 5.75 Å². The zero-order valence-electron chi connectivity index (χ0n) is 10.4. The molecular weight excluding hydrogens is 224 g/mol. The van der Waals surface area contributed by atoms with Gasteiger partial charge in [0.05, 0.1) is 7.11 Å². The summed E-state index contributed by atoms with van der Waals surface area (Å²) in [6.45, 7) is 6.13. The van der Waals surface area contributed by atoms with Gasteiger partial charge in [0.2, 0.25) is 0 Å². The molecule has 0 aliphatic carbocycles. The summed E-state index contributed by atoms with van der Waals surface area (Å²) in [6, 6.07) is 5.29. The van der Waals surface area contributed by atoms with E-state index in [4.69, 9.17) is 4.74 Å². The lowest BCUT2D eigenvalue weighted by atomic mass is 9.87. The standard InChI is InChI=1S/C12H18O3S/c1-12(2,3)9-6-7-10(15-4)11(8-9)16(5,13)14/h6-8H,1-5H3. The fourth-order valence-electron chi connectivity index (χ4n) is 1.43. The average molecular weight is 242 g/mol. The van der Waals surface area contributed by atoms with Crippen molar-refractivity contribution >= 4 is 9.84 Å². The molecule has 1 aromatic rings. The summed E-state index contributed by atoms with van der Waals surface area (Å²) < 4.78 is 28.3. The van der Waals surface area contributed by atoms with Crippen LogP contribution in [0.3, 0.4) is 0 Å². The van der Waals surface area contributed by atoms with Crippen LogP contribution in [0.4, 0.5) is 0 Å². The number of methoxy groups -OCH3 is 1. The van der Waals surface area contributed by atoms with Gasteiger partial charge in [-0.05, 0) is 23.1 Å². The second-order valence-corrected chi connectivity index (χ2v) is 6.87. The van der Waals surface area contributed by atoms with Crippen LogP contribution >= 0.6 is 0 Å². The Morgan fingerprint density at radius 3 is 2.12 bits per heavy atom. The molecular formula is C12H18O3S. The van der Waals surface area contributed by atoms with E-state index in [0.29, 0.717) is 5.75 Å². The summed E-state index contributed by atoms with van der Waals surface area (Å²) in [5.41, 5.74) is 0.903. The molecule has 0 spiro atoms. The SMILES string of the molecule is COc1ccc(C(C)(C)C)cc1S(C)(=O)=O. The minimum atomic E-state index is -3.25. The van der Waals surface area contributed by atoms with Crippen molar-refractivity contribution in [2.75, 3.05) is 13.4 Å². The zero-order valence-corrected chi connectivity index (χ0v) is 11.2. The molecule has 0 aromatic heterocycles. The second kappa shape index (κ2) is 4.09. The average Bonchev–Trinajstić information content (AvgIpc) is 2.14. The van der Waals surface area contributed by atoms with E-state index in [0.717, 1.165) is 5.56 Å². The summed E-state index contributed by atoms with van der Waals surface area (Å²) in [5, 5.41) is 0. The number of benzene rings is 1. The van der Waals surface area contributed by atoms with Crippen molar-refractivity contribution in [3.63, 3.8) is 0 Å². The molecule has 0 amide bonds. The Kier molecular flexibility index (Phi) is 3.33. The van der Waals surface area contributed by atoms with Crippen molar-refractivity contribution in [1.82, 2.24) is 0 Å². The number of ether oxygens (including phenoxy) is 1. The Bertz CT molecular complexity index is 481. The first-order chi connectivity index (χ1) is 7.16. The Morgan fingerprint density at radius 2 is 1.75 bits per heavy atom. The van der Waals surface area contributed by atoms with E-state index < -0.39 is 9.84 Å². The van der Waals surface area contributed by atoms with Crippen molar-refractivity contribution in [1.29, 1.82) is 0 Å². The van der Waals surface area contributed by atoms with E-state index in [1.54, 1.807) is 12.1 Å². The highest BCUT2D eigenvalue weighted by molar-refractivity contribution is 7.90. The van der Waals surface area contributed by atoms with Gasteiger partial charge in [-0.3, -0.25) is 0 Å². The van der Waals surface area contributed by atoms with E-state index in [-0.39, 0.29) is 10.3 Å². The van der Waals surface area contributed by atoms with E-state index >= 15 is 0 Å². The van der Waals surface area contributed by atoms with Crippen LogP contribution in [-0.2, 0) is 15.3 Å². The number of hydrogen-bond donors (Lipinski definition) is 0. The molecule has 0 unspecified atom stereocenters. The maximum Gasteiger partial charge on any atom is 0.179 e. The number of hydrogen-bond acceptors (Lipinski definition) is 3. The van der Waals surface area contributed by atoms with E-state index in [1.807, 2.05) is 26.8 Å². The van der Waals surface area contributed by atoms with Gasteiger partial charge in [0, 0.05) is 6.26 Å². The molecule has 16 heavy (non-hydrogen) atoms. The maximum absolute atomic E-state index is 11.6. The van der Waals surface area contributed by atoms with E-state index in [1.165, 1.54) is 13.4 Å². The van der Waals surface area contributed by atoms with Gasteiger partial charge >= 0.3 is 0 Å². The predicted molar refractivity (Wildman–Crippen MR) is 64.8 cm³/mol. The molecule has 0 aliphatic heterocycles. The molecule has 1 aromatic carbocycles. The van der Waals surface area contributed by atoms with Gasteiger partial charge < -0.3 is 4.74 Å². The molecule has 90 valence electrons. The summed E-state index contributed by atoms with van der Waals surface area (Å²) >= 11 is 0. The van der Waals surface area contributed by atoms with Gasteiger partial charge in [-0.2, -0.15) is 0 Å². The van der Waals surface area contributed by atoms with Gasteiger partial charge in [-0.15, -0.1) is 0 Å². The van der Waals surface area contributed by atoms with Crippen molar-refractivity contribution in [3.8, 4) is 5.75 Å². The van der Waals surface area contributed by atoms with Crippen LogP contribution < -0.4 is 4.74 Å². The van der Waals surface area contributed by atoms with Gasteiger partial charge in [0.1, 0.15) is 10.6 Å². The molecule has 0 N–H and O–H groups in total. The minimum Gasteiger partial charge on any atom is -0.495 e. The number of rotatable bonds is 2. The van der Waals surface area contributed by atoms with Crippen LogP contribution in [0, 0.1) is 0 Å². The minimum absolute atomic E-state index is 0.0777. The third kappa shape index (κ3) is 2.76. The Labute approximate surface area is 97.4 Å². The molecule has 0 aliphatic rings. The summed E-state index contributed by atoms with van der Waals surface area (Å²) in [6.07, 6.45) is 1.19. The topological polar surface area (TPSA) is 43.4 Å². The summed E-state index contributed by atoms with van der Waals surface area (Å²) in [7, 11) is -1.78. The quantitative estimate of drug-likeness (QED) is 0.799. The van der Waals surface area contributed by atoms with Crippen molar-refractivity contribution in [2.45, 2.75) is 31.1 Å². The smallest absolute Gasteiger partial charge is 0.179 e. The highest BCUT2D eigenvalue weighted by atomic mass is 32.2. The summed E-state index contributed by atoms with van der Waals surface area (Å²) in [4.78, 5) is 0.252. The zero-order chi connectivity index (χ0) is 12.6. The van der Waals surface area contributed by atoms with Crippen LogP contribution in [0.25, 0.3) is 0 Å². The van der Waals surface area contributed by atoms with Crippen LogP contribution in [-0.4, -0.2) is 21.8 Å². The van der Waals surface area contributed by atoms with Gasteiger partial charge in [-0.25, -0.2) is 8.42 Å². The lowest BCUT2D eigenvalue weighted by Crippen LogP contribution is -2.12. The second-order valence-electron chi connectivity index (χ2n) is 4.89. The summed E-state index contributed by atoms with van der Waals surface area (Å²) in [5.74, 6) is 0.399. The highest BCUT2D eigenvalue weighted by Crippen LogP contribution is 2.30. The first kappa shape index (κ1) is 13.0. The third-order valence-electron chi connectivity index (χ3n) is 2.43. The van der Waals surface area contributed by atoms with Crippen molar-refractivity contribution in [3.05, 3.63) is 23.8 Å². The van der Waals surface area contributed by atoms with E-state index in [2.05, 4.69) is 0 Å². The highest BCUT2D eigenvalue weighted by Gasteiger charge is 2.20. The monoisotopic (exact) mass is 242 g/mol. The van der Waals surface area contributed by atoms with Crippen molar-refractivity contribution < 1.29 is 13.2 Å². The fraction of sp³-hybridized carbons (Fsp3) is 0.500. The van der Waals surface area contributed by atoms with Crippen molar-refractivity contribution in [2.24, 2.45) is 0 Å². The molecule has 1 rings (SSSR count). The van der Waals surface area contributed by atoms with Crippen LogP contribution in [0.1, 0.15) is 26.3 Å². The third-order valence-corrected chi connectivity index (χ3v) is 3.55. The molecule has 0 heterocycles. The Morgan fingerprint density at radius 1 is 1.19 bits per heavy atom. The molecule has 4 heteroatoms. The molecule has 0 radical (unpaired) electrons. The maximum atomic E-state index is 11.6. The molecule has 0 fully saturated rings. The van der Waals surface area contributed by atoms with Gasteiger partial charge in [0.25, 0.3) is 0 Å². The predicted octanol–water partition coefficient (Wildman–Crippen LogP) is 2.40. The normalized spacial score (nSPS) is 12.6. The Balaban J connectivity index is 3.46. The first-order valence-electron chi connectivity index (χ1n) is 5.05. The molecule has 0 bridgehead atoms. The molecule has 0 saturated carbocycles. The van der Waals surface area contributed by atoms with Crippen LogP contribution in [0.15, 0.2) is 23.1 Å². The van der Waals surface area contributed by atoms with Crippen LogP contribution in [0.2, 0.25) is 0 Å². The Hall–Kier alpha value is -1.03. The number of sulfone groups is 1. The first-order valence-corrected chi connectivity index (χ1v) is 6.94. The molecule has 3 nitrogen and oxygen atoms in total. The lowest BCUT2D eigenvalue weighted by Gasteiger charge is -2.20. The van der Waals surface area contributed by atoms with E-state index in [9.17, 15) is 8.42 Å². The fourth-order valence-corrected chi connectivity index (χ4v) is 2.29.